The maximum absolute atomic E-state index is 12.7. The van der Waals surface area contributed by atoms with Crippen LogP contribution in [0.3, 0.4) is 0 Å². The third kappa shape index (κ3) is 6.53. The molecule has 0 aromatic heterocycles. The van der Waals surface area contributed by atoms with Gasteiger partial charge < -0.3 is 10.5 Å². The molecule has 2 aromatic rings. The predicted octanol–water partition coefficient (Wildman–Crippen LogP) is 3.33. The van der Waals surface area contributed by atoms with Gasteiger partial charge in [-0.15, -0.1) is 0 Å². The molecule has 0 fully saturated rings. The van der Waals surface area contributed by atoms with Crippen molar-refractivity contribution in [2.45, 2.75) is 56.9 Å². The predicted molar refractivity (Wildman–Crippen MR) is 107 cm³/mol. The first-order valence-corrected chi connectivity index (χ1v) is 10.7. The summed E-state index contributed by atoms with van der Waals surface area (Å²) in [4.78, 5) is 12.7. The highest BCUT2D eigenvalue weighted by Crippen LogP contribution is 2.18. The highest BCUT2D eigenvalue weighted by atomic mass is 32.2. The van der Waals surface area contributed by atoms with E-state index in [1.54, 1.807) is 12.1 Å². The quantitative estimate of drug-likeness (QED) is 0.455. The first-order valence-electron chi connectivity index (χ1n) is 9.28. The first kappa shape index (κ1) is 22.2. The topological polar surface area (TPSA) is 95.7 Å². The first-order chi connectivity index (χ1) is 13.3. The molecule has 2 rings (SSSR count). The molecule has 6 nitrogen and oxygen atoms in total. The Hall–Kier alpha value is -2.06. The van der Waals surface area contributed by atoms with Crippen molar-refractivity contribution in [3.05, 3.63) is 65.7 Å². The standard InChI is InChI=1S/C21H27NO5S/c1-3-4-10-19(22)20(23)21(26-15-17-8-6-5-7-9-17)27-28(24,25)18-13-11-16(2)12-14-18/h5-9,11-14,19,21H,3-4,10,15,22H2,1-2H3. The molecule has 0 spiro atoms. The molecular weight excluding hydrogens is 378 g/mol. The summed E-state index contributed by atoms with van der Waals surface area (Å²) in [5.74, 6) is -0.583. The molecular formula is C21H27NO5S. The van der Waals surface area contributed by atoms with Crippen LogP contribution in [0.4, 0.5) is 0 Å². The Morgan fingerprint density at radius 2 is 1.71 bits per heavy atom. The lowest BCUT2D eigenvalue weighted by Gasteiger charge is -2.20. The van der Waals surface area contributed by atoms with Crippen molar-refractivity contribution in [3.63, 3.8) is 0 Å². The monoisotopic (exact) mass is 405 g/mol. The number of carbonyl (C=O) groups excluding carboxylic acids is 1. The summed E-state index contributed by atoms with van der Waals surface area (Å²) < 4.78 is 35.9. The van der Waals surface area contributed by atoms with Crippen LogP contribution >= 0.6 is 0 Å². The number of unbranched alkanes of at least 4 members (excludes halogenated alkanes) is 1. The fourth-order valence-corrected chi connectivity index (χ4v) is 3.48. The Morgan fingerprint density at radius 3 is 2.32 bits per heavy atom. The third-order valence-electron chi connectivity index (χ3n) is 4.23. The Morgan fingerprint density at radius 1 is 1.07 bits per heavy atom. The van der Waals surface area contributed by atoms with Crippen molar-refractivity contribution in [3.8, 4) is 0 Å². The van der Waals surface area contributed by atoms with E-state index in [1.165, 1.54) is 12.1 Å². The minimum Gasteiger partial charge on any atom is -0.340 e. The van der Waals surface area contributed by atoms with Gasteiger partial charge >= 0.3 is 0 Å². The molecule has 0 heterocycles. The number of ketones is 1. The summed E-state index contributed by atoms with van der Waals surface area (Å²) in [5.41, 5.74) is 7.65. The van der Waals surface area contributed by atoms with Crippen LogP contribution in [0.2, 0.25) is 0 Å². The van der Waals surface area contributed by atoms with Gasteiger partial charge in [-0.05, 0) is 31.0 Å². The average Bonchev–Trinajstić information content (AvgIpc) is 2.69. The van der Waals surface area contributed by atoms with Gasteiger partial charge in [-0.3, -0.25) is 4.79 Å². The smallest absolute Gasteiger partial charge is 0.299 e. The number of Topliss-reactive ketones (excluding diaryl/α,β-unsaturated/α-hetero) is 1. The van der Waals surface area contributed by atoms with Gasteiger partial charge in [0.15, 0.2) is 0 Å². The molecule has 0 aliphatic carbocycles. The molecule has 0 radical (unpaired) electrons. The number of hydrogen-bond donors (Lipinski definition) is 1. The van der Waals surface area contributed by atoms with Gasteiger partial charge in [-0.25, -0.2) is 4.18 Å². The minimum absolute atomic E-state index is 0.0289. The zero-order valence-corrected chi connectivity index (χ0v) is 17.0. The highest BCUT2D eigenvalue weighted by Gasteiger charge is 2.31. The molecule has 7 heteroatoms. The number of rotatable bonds is 11. The number of hydrogen-bond acceptors (Lipinski definition) is 6. The Balaban J connectivity index is 2.18. The third-order valence-corrected chi connectivity index (χ3v) is 5.51. The summed E-state index contributed by atoms with van der Waals surface area (Å²) in [7, 11) is -4.18. The van der Waals surface area contributed by atoms with Crippen molar-refractivity contribution in [1.82, 2.24) is 0 Å². The molecule has 0 saturated carbocycles. The summed E-state index contributed by atoms with van der Waals surface area (Å²) in [5, 5.41) is 0. The summed E-state index contributed by atoms with van der Waals surface area (Å²) in [6.45, 7) is 3.86. The fourth-order valence-electron chi connectivity index (χ4n) is 2.52. The molecule has 2 aromatic carbocycles. The second kappa shape index (κ2) is 10.5. The lowest BCUT2D eigenvalue weighted by molar-refractivity contribution is -0.153. The second-order valence-corrected chi connectivity index (χ2v) is 8.22. The average molecular weight is 406 g/mol. The largest absolute Gasteiger partial charge is 0.340 e. The van der Waals surface area contributed by atoms with Crippen LogP contribution in [-0.4, -0.2) is 26.5 Å². The van der Waals surface area contributed by atoms with E-state index < -0.39 is 28.2 Å². The van der Waals surface area contributed by atoms with Gasteiger partial charge in [0.25, 0.3) is 10.1 Å². The fraction of sp³-hybridized carbons (Fsp3) is 0.381. The molecule has 152 valence electrons. The van der Waals surface area contributed by atoms with Gasteiger partial charge in [0.2, 0.25) is 12.1 Å². The van der Waals surface area contributed by atoms with Crippen LogP contribution in [0.15, 0.2) is 59.5 Å². The van der Waals surface area contributed by atoms with Crippen molar-refractivity contribution in [1.29, 1.82) is 0 Å². The maximum atomic E-state index is 12.7. The van der Waals surface area contributed by atoms with Crippen molar-refractivity contribution in [2.75, 3.05) is 0 Å². The molecule has 0 aliphatic heterocycles. The van der Waals surface area contributed by atoms with E-state index in [0.717, 1.165) is 24.0 Å². The lowest BCUT2D eigenvalue weighted by atomic mass is 10.1. The van der Waals surface area contributed by atoms with E-state index >= 15 is 0 Å². The Labute approximate surface area is 166 Å². The van der Waals surface area contributed by atoms with Gasteiger partial charge in [0, 0.05) is 0 Å². The summed E-state index contributed by atoms with van der Waals surface area (Å²) in [6.07, 6.45) is 0.467. The van der Waals surface area contributed by atoms with E-state index in [-0.39, 0.29) is 11.5 Å². The SMILES string of the molecule is CCCCC(N)C(=O)C(OCc1ccccc1)OS(=O)(=O)c1ccc(C)cc1. The van der Waals surface area contributed by atoms with Crippen LogP contribution in [-0.2, 0) is 30.4 Å². The van der Waals surface area contributed by atoms with Gasteiger partial charge in [0.1, 0.15) is 0 Å². The van der Waals surface area contributed by atoms with Crippen LogP contribution in [0, 0.1) is 6.92 Å². The van der Waals surface area contributed by atoms with Gasteiger partial charge in [-0.1, -0.05) is 67.8 Å². The van der Waals surface area contributed by atoms with Crippen molar-refractivity contribution in [2.24, 2.45) is 5.73 Å². The maximum Gasteiger partial charge on any atom is 0.299 e. The van der Waals surface area contributed by atoms with Crippen LogP contribution < -0.4 is 5.73 Å². The molecule has 0 saturated heterocycles. The van der Waals surface area contributed by atoms with Crippen LogP contribution in [0.5, 0.6) is 0 Å². The Kier molecular flexibility index (Phi) is 8.32. The number of ether oxygens (including phenoxy) is 1. The second-order valence-electron chi connectivity index (χ2n) is 6.64. The Bertz CT molecular complexity index is 850. The molecule has 0 aliphatic rings. The molecule has 2 atom stereocenters. The zero-order valence-electron chi connectivity index (χ0n) is 16.2. The highest BCUT2D eigenvalue weighted by molar-refractivity contribution is 7.86. The van der Waals surface area contributed by atoms with Crippen LogP contribution in [0.1, 0.15) is 37.3 Å². The molecule has 2 unspecified atom stereocenters. The zero-order chi connectivity index (χ0) is 20.6. The van der Waals surface area contributed by atoms with E-state index in [1.807, 2.05) is 44.2 Å². The normalized spacial score (nSPS) is 13.8. The lowest BCUT2D eigenvalue weighted by Crippen LogP contribution is -2.42. The number of aryl methyl sites for hydroxylation is 1. The van der Waals surface area contributed by atoms with E-state index in [4.69, 9.17) is 14.7 Å². The molecule has 0 bridgehead atoms. The van der Waals surface area contributed by atoms with Crippen molar-refractivity contribution < 1.29 is 22.1 Å². The summed E-state index contributed by atoms with van der Waals surface area (Å²) >= 11 is 0. The van der Waals surface area contributed by atoms with Crippen molar-refractivity contribution >= 4 is 15.9 Å². The summed E-state index contributed by atoms with van der Waals surface area (Å²) in [6, 6.07) is 14.5. The van der Waals surface area contributed by atoms with Crippen LogP contribution in [0.25, 0.3) is 0 Å². The van der Waals surface area contributed by atoms with E-state index in [0.29, 0.717) is 6.42 Å². The molecule has 2 N–H and O–H groups in total. The molecule has 0 amide bonds. The number of carbonyl (C=O) groups is 1. The van der Waals surface area contributed by atoms with Gasteiger partial charge in [-0.2, -0.15) is 8.42 Å². The number of nitrogens with two attached hydrogens (primary N) is 1. The minimum atomic E-state index is -4.18. The van der Waals surface area contributed by atoms with Gasteiger partial charge in [0.05, 0.1) is 17.5 Å². The van der Waals surface area contributed by atoms with E-state index in [2.05, 4.69) is 0 Å². The molecule has 28 heavy (non-hydrogen) atoms. The van der Waals surface area contributed by atoms with E-state index in [9.17, 15) is 13.2 Å². The number of benzene rings is 2.